The van der Waals surface area contributed by atoms with Crippen LogP contribution in [0.3, 0.4) is 0 Å². The van der Waals surface area contributed by atoms with Gasteiger partial charge in [0.1, 0.15) is 0 Å². The summed E-state index contributed by atoms with van der Waals surface area (Å²) in [5, 5.41) is 3.44. The van der Waals surface area contributed by atoms with Crippen LogP contribution in [0, 0.1) is 5.92 Å². The second kappa shape index (κ2) is 9.93. The Morgan fingerprint density at radius 1 is 1.12 bits per heavy atom. The van der Waals surface area contributed by atoms with Crippen molar-refractivity contribution in [2.75, 3.05) is 31.5 Å². The van der Waals surface area contributed by atoms with Crippen molar-refractivity contribution in [3.63, 3.8) is 0 Å². The number of halogens is 2. The molecule has 3 N–H and O–H groups in total. The lowest BCUT2D eigenvalue weighted by Gasteiger charge is -2.16. The quantitative estimate of drug-likeness (QED) is 0.784. The molecule has 3 rings (SSSR count). The minimum atomic E-state index is -0.0134. The number of carbonyl (C=O) groups is 1. The molecule has 2 aromatic rings. The molecule has 0 saturated carbocycles. The van der Waals surface area contributed by atoms with E-state index in [2.05, 4.69) is 34.5 Å². The summed E-state index contributed by atoms with van der Waals surface area (Å²) in [6, 6.07) is 17.8. The SMILES string of the molecule is Cl.NC[C@@H]1CN(CCC(=O)Nc2ccccc2Cl)C[C@H]1c1ccccc1. The van der Waals surface area contributed by atoms with E-state index in [0.717, 1.165) is 19.6 Å². The van der Waals surface area contributed by atoms with E-state index < -0.39 is 0 Å². The lowest BCUT2D eigenvalue weighted by atomic mass is 9.89. The molecule has 2 aromatic carbocycles. The number of para-hydroxylation sites is 1. The van der Waals surface area contributed by atoms with Gasteiger partial charge in [0.2, 0.25) is 5.91 Å². The number of benzene rings is 2. The highest BCUT2D eigenvalue weighted by Gasteiger charge is 2.32. The Morgan fingerprint density at radius 3 is 2.50 bits per heavy atom. The number of rotatable bonds is 6. The first-order valence-corrected chi connectivity index (χ1v) is 9.07. The Labute approximate surface area is 166 Å². The van der Waals surface area contributed by atoms with Crippen LogP contribution in [0.5, 0.6) is 0 Å². The Bertz CT molecular complexity index is 711. The van der Waals surface area contributed by atoms with E-state index in [0.29, 0.717) is 35.5 Å². The van der Waals surface area contributed by atoms with Crippen molar-refractivity contribution in [3.8, 4) is 0 Å². The van der Waals surface area contributed by atoms with E-state index in [9.17, 15) is 4.79 Å². The number of nitrogens with zero attached hydrogens (tertiary/aromatic N) is 1. The topological polar surface area (TPSA) is 58.4 Å². The van der Waals surface area contributed by atoms with Gasteiger partial charge in [0.05, 0.1) is 10.7 Å². The van der Waals surface area contributed by atoms with Crippen molar-refractivity contribution in [2.24, 2.45) is 11.7 Å². The first kappa shape index (κ1) is 20.7. The maximum absolute atomic E-state index is 12.2. The fourth-order valence-electron chi connectivity index (χ4n) is 3.49. The standard InChI is InChI=1S/C20H24ClN3O.ClH/c21-18-8-4-5-9-19(18)23-20(25)10-11-24-13-16(12-22)17(14-24)15-6-2-1-3-7-15;/h1-9,16-17H,10-14,22H2,(H,23,25);1H/t16-,17+;/m1./s1. The van der Waals surface area contributed by atoms with Gasteiger partial charge in [-0.2, -0.15) is 0 Å². The van der Waals surface area contributed by atoms with E-state index in [1.165, 1.54) is 5.56 Å². The number of carbonyl (C=O) groups excluding carboxylic acids is 1. The van der Waals surface area contributed by atoms with Gasteiger partial charge in [0.15, 0.2) is 0 Å². The zero-order valence-electron chi connectivity index (χ0n) is 14.6. The van der Waals surface area contributed by atoms with Crippen molar-refractivity contribution >= 4 is 35.6 Å². The predicted octanol–water partition coefficient (Wildman–Crippen LogP) is 3.76. The summed E-state index contributed by atoms with van der Waals surface area (Å²) in [7, 11) is 0. The molecule has 1 aliphatic heterocycles. The summed E-state index contributed by atoms with van der Waals surface area (Å²) in [5.74, 6) is 0.868. The highest BCUT2D eigenvalue weighted by atomic mass is 35.5. The fourth-order valence-corrected chi connectivity index (χ4v) is 3.68. The molecule has 1 fully saturated rings. The van der Waals surface area contributed by atoms with Crippen LogP contribution in [0.1, 0.15) is 17.9 Å². The Balaban J connectivity index is 0.00000243. The smallest absolute Gasteiger partial charge is 0.225 e. The molecule has 0 unspecified atom stereocenters. The first-order chi connectivity index (χ1) is 12.2. The molecular formula is C20H25Cl2N3O. The minimum Gasteiger partial charge on any atom is -0.330 e. The van der Waals surface area contributed by atoms with Crippen LogP contribution >= 0.6 is 24.0 Å². The highest BCUT2D eigenvalue weighted by Crippen LogP contribution is 2.32. The molecule has 1 saturated heterocycles. The number of hydrogen-bond acceptors (Lipinski definition) is 3. The number of nitrogens with two attached hydrogens (primary N) is 1. The van der Waals surface area contributed by atoms with Crippen LogP contribution in [-0.2, 0) is 4.79 Å². The monoisotopic (exact) mass is 393 g/mol. The van der Waals surface area contributed by atoms with Crippen molar-refractivity contribution in [2.45, 2.75) is 12.3 Å². The molecule has 26 heavy (non-hydrogen) atoms. The van der Waals surface area contributed by atoms with E-state index in [1.54, 1.807) is 6.07 Å². The van der Waals surface area contributed by atoms with Crippen LogP contribution in [0.25, 0.3) is 0 Å². The lowest BCUT2D eigenvalue weighted by molar-refractivity contribution is -0.116. The molecule has 1 heterocycles. The highest BCUT2D eigenvalue weighted by molar-refractivity contribution is 6.33. The third-order valence-electron chi connectivity index (χ3n) is 4.85. The van der Waals surface area contributed by atoms with Crippen molar-refractivity contribution < 1.29 is 4.79 Å². The normalized spacial score (nSPS) is 19.8. The van der Waals surface area contributed by atoms with Gasteiger partial charge in [-0.1, -0.05) is 54.1 Å². The largest absolute Gasteiger partial charge is 0.330 e. The zero-order chi connectivity index (χ0) is 17.6. The van der Waals surface area contributed by atoms with Crippen molar-refractivity contribution in [1.82, 2.24) is 4.90 Å². The molecule has 0 radical (unpaired) electrons. The molecule has 4 nitrogen and oxygen atoms in total. The van der Waals surface area contributed by atoms with E-state index in [1.807, 2.05) is 24.3 Å². The maximum atomic E-state index is 12.2. The summed E-state index contributed by atoms with van der Waals surface area (Å²) in [4.78, 5) is 14.5. The van der Waals surface area contributed by atoms with Crippen LogP contribution in [-0.4, -0.2) is 37.0 Å². The third kappa shape index (κ3) is 5.21. The van der Waals surface area contributed by atoms with Gasteiger partial charge in [0, 0.05) is 32.0 Å². The molecule has 0 aromatic heterocycles. The van der Waals surface area contributed by atoms with Gasteiger partial charge >= 0.3 is 0 Å². The molecule has 1 amide bonds. The van der Waals surface area contributed by atoms with Crippen LogP contribution in [0.2, 0.25) is 5.02 Å². The molecule has 0 bridgehead atoms. The maximum Gasteiger partial charge on any atom is 0.225 e. The van der Waals surface area contributed by atoms with Crippen molar-refractivity contribution in [3.05, 3.63) is 65.2 Å². The summed E-state index contributed by atoms with van der Waals surface area (Å²) in [5.41, 5.74) is 7.98. The van der Waals surface area contributed by atoms with Gasteiger partial charge in [-0.05, 0) is 30.2 Å². The summed E-state index contributed by atoms with van der Waals surface area (Å²) >= 11 is 6.08. The average Bonchev–Trinajstić information content (AvgIpc) is 3.06. The van der Waals surface area contributed by atoms with E-state index in [4.69, 9.17) is 17.3 Å². The minimum absolute atomic E-state index is 0. The van der Waals surface area contributed by atoms with Crippen LogP contribution in [0.15, 0.2) is 54.6 Å². The zero-order valence-corrected chi connectivity index (χ0v) is 16.2. The molecule has 0 spiro atoms. The Morgan fingerprint density at radius 2 is 1.81 bits per heavy atom. The van der Waals surface area contributed by atoms with E-state index in [-0.39, 0.29) is 18.3 Å². The van der Waals surface area contributed by atoms with Gasteiger partial charge in [-0.25, -0.2) is 0 Å². The predicted molar refractivity (Wildman–Crippen MR) is 110 cm³/mol. The summed E-state index contributed by atoms with van der Waals surface area (Å²) in [6.45, 7) is 3.29. The third-order valence-corrected chi connectivity index (χ3v) is 5.18. The molecule has 140 valence electrons. The van der Waals surface area contributed by atoms with E-state index >= 15 is 0 Å². The fraction of sp³-hybridized carbons (Fsp3) is 0.350. The number of amides is 1. The van der Waals surface area contributed by atoms with Crippen molar-refractivity contribution in [1.29, 1.82) is 0 Å². The average molecular weight is 394 g/mol. The molecule has 6 heteroatoms. The lowest BCUT2D eigenvalue weighted by Crippen LogP contribution is -2.27. The van der Waals surface area contributed by atoms with Gasteiger partial charge in [0.25, 0.3) is 0 Å². The molecule has 1 aliphatic rings. The molecule has 2 atom stereocenters. The Hall–Kier alpha value is -1.59. The second-order valence-corrected chi connectivity index (χ2v) is 6.96. The molecular weight excluding hydrogens is 369 g/mol. The van der Waals surface area contributed by atoms with Gasteiger partial charge in [-0.3, -0.25) is 4.79 Å². The number of hydrogen-bond donors (Lipinski definition) is 2. The van der Waals surface area contributed by atoms with Crippen LogP contribution in [0.4, 0.5) is 5.69 Å². The summed E-state index contributed by atoms with van der Waals surface area (Å²) < 4.78 is 0. The Kier molecular flexibility index (Phi) is 7.91. The van der Waals surface area contributed by atoms with Crippen LogP contribution < -0.4 is 11.1 Å². The number of nitrogens with one attached hydrogen (secondary N) is 1. The summed E-state index contributed by atoms with van der Waals surface area (Å²) in [6.07, 6.45) is 0.448. The van der Waals surface area contributed by atoms with Gasteiger partial charge < -0.3 is 16.0 Å². The number of anilines is 1. The second-order valence-electron chi connectivity index (χ2n) is 6.55. The first-order valence-electron chi connectivity index (χ1n) is 8.69. The number of likely N-dealkylation sites (tertiary alicyclic amines) is 1. The van der Waals surface area contributed by atoms with Gasteiger partial charge in [-0.15, -0.1) is 12.4 Å². The molecule has 0 aliphatic carbocycles.